The maximum atomic E-state index is 12.2. The molecule has 0 aliphatic heterocycles. The number of nitrogens with one attached hydrogen (secondary N) is 1. The molecule has 2 aromatic rings. The zero-order chi connectivity index (χ0) is 16.7. The summed E-state index contributed by atoms with van der Waals surface area (Å²) in [7, 11) is 1.73. The molecular weight excluding hydrogens is 314 g/mol. The topological polar surface area (TPSA) is 54.5 Å². The van der Waals surface area contributed by atoms with Crippen LogP contribution < -0.4 is 10.1 Å². The number of aromatic nitrogens is 1. The fourth-order valence-electron chi connectivity index (χ4n) is 2.09. The van der Waals surface area contributed by atoms with Crippen LogP contribution in [0.4, 0.5) is 4.79 Å². The van der Waals surface area contributed by atoms with Gasteiger partial charge in [-0.25, -0.2) is 9.78 Å². The fraction of sp³-hybridized carbons (Fsp3) is 0.294. The molecule has 2 amide bonds. The van der Waals surface area contributed by atoms with E-state index in [-0.39, 0.29) is 6.03 Å². The summed E-state index contributed by atoms with van der Waals surface area (Å²) in [6.07, 6.45) is 1.67. The van der Waals surface area contributed by atoms with Crippen molar-refractivity contribution in [3.63, 3.8) is 0 Å². The molecule has 0 saturated heterocycles. The third-order valence-electron chi connectivity index (χ3n) is 3.27. The number of amides is 2. The minimum Gasteiger partial charge on any atom is -0.478 e. The van der Waals surface area contributed by atoms with Crippen molar-refractivity contribution >= 4 is 17.6 Å². The first-order valence-electron chi connectivity index (χ1n) is 7.41. The second kappa shape index (κ2) is 8.39. The highest BCUT2D eigenvalue weighted by molar-refractivity contribution is 6.31. The first-order valence-corrected chi connectivity index (χ1v) is 7.78. The Morgan fingerprint density at radius 3 is 2.74 bits per heavy atom. The van der Waals surface area contributed by atoms with E-state index in [0.29, 0.717) is 30.6 Å². The van der Waals surface area contributed by atoms with Crippen LogP contribution in [-0.2, 0) is 13.1 Å². The van der Waals surface area contributed by atoms with Gasteiger partial charge in [0.25, 0.3) is 0 Å². The van der Waals surface area contributed by atoms with Crippen molar-refractivity contribution < 1.29 is 9.53 Å². The van der Waals surface area contributed by atoms with Gasteiger partial charge in [0.2, 0.25) is 5.88 Å². The van der Waals surface area contributed by atoms with Gasteiger partial charge in [0.05, 0.1) is 6.61 Å². The number of carbonyl (C=O) groups excluding carboxylic acids is 1. The fourth-order valence-corrected chi connectivity index (χ4v) is 2.28. The maximum absolute atomic E-state index is 12.2. The summed E-state index contributed by atoms with van der Waals surface area (Å²) in [5.74, 6) is 0.545. The van der Waals surface area contributed by atoms with Crippen molar-refractivity contribution in [3.8, 4) is 5.88 Å². The second-order valence-corrected chi connectivity index (χ2v) is 5.41. The summed E-state index contributed by atoms with van der Waals surface area (Å²) in [5.41, 5.74) is 1.75. The molecule has 1 aromatic carbocycles. The monoisotopic (exact) mass is 333 g/mol. The third-order valence-corrected chi connectivity index (χ3v) is 3.64. The number of benzene rings is 1. The standard InChI is InChI=1S/C17H20ClN3O2/c1-3-23-16-13(8-6-10-19-16)11-20-17(22)21(2)12-14-7-4-5-9-15(14)18/h4-10H,3,11-12H2,1-2H3,(H,20,22). The molecule has 0 aliphatic carbocycles. The molecule has 0 bridgehead atoms. The van der Waals surface area contributed by atoms with Crippen LogP contribution in [0, 0.1) is 0 Å². The van der Waals surface area contributed by atoms with Crippen molar-refractivity contribution in [2.45, 2.75) is 20.0 Å². The highest BCUT2D eigenvalue weighted by Crippen LogP contribution is 2.17. The number of ether oxygens (including phenoxy) is 1. The minimum atomic E-state index is -0.184. The predicted octanol–water partition coefficient (Wildman–Crippen LogP) is 3.48. The Morgan fingerprint density at radius 2 is 2.00 bits per heavy atom. The van der Waals surface area contributed by atoms with Gasteiger partial charge >= 0.3 is 6.03 Å². The molecular formula is C17H20ClN3O2. The smallest absolute Gasteiger partial charge is 0.317 e. The summed E-state index contributed by atoms with van der Waals surface area (Å²) in [6.45, 7) is 3.23. The van der Waals surface area contributed by atoms with E-state index in [1.807, 2.05) is 43.3 Å². The van der Waals surface area contributed by atoms with E-state index in [2.05, 4.69) is 10.3 Å². The Hall–Kier alpha value is -2.27. The Labute approximate surface area is 141 Å². The van der Waals surface area contributed by atoms with Crippen LogP contribution in [0.25, 0.3) is 0 Å². The quantitative estimate of drug-likeness (QED) is 0.880. The summed E-state index contributed by atoms with van der Waals surface area (Å²) in [4.78, 5) is 18.0. The Bertz CT molecular complexity index is 664. The lowest BCUT2D eigenvalue weighted by atomic mass is 10.2. The van der Waals surface area contributed by atoms with Crippen LogP contribution in [0.3, 0.4) is 0 Å². The average Bonchev–Trinajstić information content (AvgIpc) is 2.56. The normalized spacial score (nSPS) is 10.2. The van der Waals surface area contributed by atoms with Crippen molar-refractivity contribution in [3.05, 3.63) is 58.7 Å². The summed E-state index contributed by atoms with van der Waals surface area (Å²) < 4.78 is 5.45. The first kappa shape index (κ1) is 17.1. The summed E-state index contributed by atoms with van der Waals surface area (Å²) in [6, 6.07) is 11.0. The van der Waals surface area contributed by atoms with E-state index in [0.717, 1.165) is 11.1 Å². The van der Waals surface area contributed by atoms with Crippen LogP contribution in [-0.4, -0.2) is 29.6 Å². The van der Waals surface area contributed by atoms with Crippen LogP contribution in [0.2, 0.25) is 5.02 Å². The molecule has 6 heteroatoms. The van der Waals surface area contributed by atoms with E-state index in [9.17, 15) is 4.79 Å². The molecule has 0 radical (unpaired) electrons. The molecule has 1 heterocycles. The lowest BCUT2D eigenvalue weighted by Crippen LogP contribution is -2.36. The van der Waals surface area contributed by atoms with Gasteiger partial charge in [-0.1, -0.05) is 35.9 Å². The van der Waals surface area contributed by atoms with Crippen LogP contribution >= 0.6 is 11.6 Å². The molecule has 0 saturated carbocycles. The van der Waals surface area contributed by atoms with E-state index in [1.54, 1.807) is 18.1 Å². The van der Waals surface area contributed by atoms with Crippen molar-refractivity contribution in [1.82, 2.24) is 15.2 Å². The number of hydrogen-bond acceptors (Lipinski definition) is 3. The first-order chi connectivity index (χ1) is 11.1. The molecule has 0 atom stereocenters. The van der Waals surface area contributed by atoms with E-state index < -0.39 is 0 Å². The van der Waals surface area contributed by atoms with E-state index in [1.165, 1.54) is 0 Å². The molecule has 1 aromatic heterocycles. The summed E-state index contributed by atoms with van der Waals surface area (Å²) >= 11 is 6.12. The molecule has 2 rings (SSSR count). The number of pyridine rings is 1. The predicted molar refractivity (Wildman–Crippen MR) is 90.6 cm³/mol. The number of nitrogens with zero attached hydrogens (tertiary/aromatic N) is 2. The van der Waals surface area contributed by atoms with Gasteiger partial charge in [0.1, 0.15) is 0 Å². The number of hydrogen-bond donors (Lipinski definition) is 1. The SMILES string of the molecule is CCOc1ncccc1CNC(=O)N(C)Cc1ccccc1Cl. The molecule has 0 unspecified atom stereocenters. The summed E-state index contributed by atoms with van der Waals surface area (Å²) in [5, 5.41) is 3.51. The van der Waals surface area contributed by atoms with Gasteiger partial charge < -0.3 is 15.0 Å². The minimum absolute atomic E-state index is 0.184. The van der Waals surface area contributed by atoms with Crippen LogP contribution in [0.1, 0.15) is 18.1 Å². The number of halogens is 1. The third kappa shape index (κ3) is 4.86. The van der Waals surface area contributed by atoms with Gasteiger partial charge in [-0.3, -0.25) is 0 Å². The van der Waals surface area contributed by atoms with Crippen LogP contribution in [0.5, 0.6) is 5.88 Å². The molecule has 1 N–H and O–H groups in total. The largest absolute Gasteiger partial charge is 0.478 e. The van der Waals surface area contributed by atoms with Gasteiger partial charge in [-0.05, 0) is 24.6 Å². The van der Waals surface area contributed by atoms with Crippen molar-refractivity contribution in [1.29, 1.82) is 0 Å². The lowest BCUT2D eigenvalue weighted by Gasteiger charge is -2.19. The number of urea groups is 1. The van der Waals surface area contributed by atoms with E-state index in [4.69, 9.17) is 16.3 Å². The average molecular weight is 334 g/mol. The molecule has 0 aliphatic rings. The zero-order valence-corrected chi connectivity index (χ0v) is 14.0. The highest BCUT2D eigenvalue weighted by Gasteiger charge is 2.12. The highest BCUT2D eigenvalue weighted by atomic mass is 35.5. The van der Waals surface area contributed by atoms with Gasteiger partial charge in [0, 0.05) is 36.9 Å². The Morgan fingerprint density at radius 1 is 1.26 bits per heavy atom. The van der Waals surface area contributed by atoms with Gasteiger partial charge in [0.15, 0.2) is 0 Å². The maximum Gasteiger partial charge on any atom is 0.317 e. The van der Waals surface area contributed by atoms with Gasteiger partial charge in [-0.15, -0.1) is 0 Å². The van der Waals surface area contributed by atoms with Crippen molar-refractivity contribution in [2.24, 2.45) is 0 Å². The Balaban J connectivity index is 1.93. The van der Waals surface area contributed by atoms with Crippen LogP contribution in [0.15, 0.2) is 42.6 Å². The second-order valence-electron chi connectivity index (χ2n) is 5.01. The number of carbonyl (C=O) groups is 1. The molecule has 0 spiro atoms. The lowest BCUT2D eigenvalue weighted by molar-refractivity contribution is 0.206. The molecule has 5 nitrogen and oxygen atoms in total. The van der Waals surface area contributed by atoms with Crippen molar-refractivity contribution in [2.75, 3.05) is 13.7 Å². The van der Waals surface area contributed by atoms with E-state index >= 15 is 0 Å². The molecule has 0 fully saturated rings. The zero-order valence-electron chi connectivity index (χ0n) is 13.3. The van der Waals surface area contributed by atoms with Gasteiger partial charge in [-0.2, -0.15) is 0 Å². The molecule has 23 heavy (non-hydrogen) atoms. The number of rotatable bonds is 6. The Kier molecular flexibility index (Phi) is 6.23. The molecule has 122 valence electrons.